The summed E-state index contributed by atoms with van der Waals surface area (Å²) in [6.07, 6.45) is -5.59. The van der Waals surface area contributed by atoms with Crippen LogP contribution in [0.4, 0.5) is 23.7 Å². The molecule has 0 saturated carbocycles. The van der Waals surface area contributed by atoms with Gasteiger partial charge in [0.1, 0.15) is 5.69 Å². The summed E-state index contributed by atoms with van der Waals surface area (Å²) < 4.78 is 45.1. The lowest BCUT2D eigenvalue weighted by molar-refractivity contribution is -0.137. The van der Waals surface area contributed by atoms with E-state index in [4.69, 9.17) is 10.5 Å². The molecule has 0 spiro atoms. The van der Waals surface area contributed by atoms with E-state index in [2.05, 4.69) is 0 Å². The molecular weight excluding hydrogens is 361 g/mol. The van der Waals surface area contributed by atoms with E-state index < -0.39 is 23.6 Å². The molecule has 3 aromatic rings. The maximum absolute atomic E-state index is 13.1. The van der Waals surface area contributed by atoms with Crippen molar-refractivity contribution in [3.8, 4) is 0 Å². The fourth-order valence-electron chi connectivity index (χ4n) is 2.82. The van der Waals surface area contributed by atoms with Crippen LogP contribution in [0.1, 0.15) is 28.5 Å². The lowest BCUT2D eigenvalue weighted by Crippen LogP contribution is -2.20. The highest BCUT2D eigenvalue weighted by molar-refractivity contribution is 6.18. The Kier molecular flexibility index (Phi) is 4.65. The summed E-state index contributed by atoms with van der Waals surface area (Å²) in [6, 6.07) is 10.8. The first-order chi connectivity index (χ1) is 12.8. The van der Waals surface area contributed by atoms with Crippen molar-refractivity contribution in [2.75, 3.05) is 12.3 Å². The van der Waals surface area contributed by atoms with Gasteiger partial charge in [-0.15, -0.1) is 0 Å². The Morgan fingerprint density at radius 1 is 1.11 bits per heavy atom. The molecule has 3 rings (SSSR count). The number of anilines is 1. The van der Waals surface area contributed by atoms with E-state index in [-0.39, 0.29) is 34.5 Å². The number of carbonyl (C=O) groups excluding carboxylic acids is 2. The van der Waals surface area contributed by atoms with Gasteiger partial charge in [0.25, 0.3) is 0 Å². The maximum atomic E-state index is 13.1. The van der Waals surface area contributed by atoms with E-state index in [1.165, 1.54) is 12.1 Å². The normalized spacial score (nSPS) is 11.6. The molecule has 0 aliphatic heterocycles. The summed E-state index contributed by atoms with van der Waals surface area (Å²) in [4.78, 5) is 25.4. The van der Waals surface area contributed by atoms with E-state index >= 15 is 0 Å². The van der Waals surface area contributed by atoms with Gasteiger partial charge in [0.2, 0.25) is 5.78 Å². The summed E-state index contributed by atoms with van der Waals surface area (Å²) >= 11 is 0. The number of carbonyl (C=O) groups is 2. The Labute approximate surface area is 152 Å². The van der Waals surface area contributed by atoms with E-state index in [1.807, 2.05) is 0 Å². The molecule has 1 aromatic heterocycles. The number of nitrogen functional groups attached to an aromatic ring is 1. The molecule has 27 heavy (non-hydrogen) atoms. The van der Waals surface area contributed by atoms with Gasteiger partial charge in [0.05, 0.1) is 23.4 Å². The minimum absolute atomic E-state index is 0.0175. The minimum Gasteiger partial charge on any atom is -0.449 e. The monoisotopic (exact) mass is 376 g/mol. The SMILES string of the molecule is CCOC(=O)n1c(C(=O)c2ccccc2)c(N)c2ccc(C(F)(F)F)cc21. The number of alkyl halides is 3. The van der Waals surface area contributed by atoms with E-state index in [0.717, 1.165) is 22.8 Å². The molecule has 0 fully saturated rings. The molecule has 0 amide bonds. The standard InChI is InChI=1S/C19H15F3N2O3/c1-2-27-18(26)24-14-10-12(19(20,21)22)8-9-13(14)15(23)16(24)17(25)11-6-4-3-5-7-11/h3-10H,2,23H2,1H3. The summed E-state index contributed by atoms with van der Waals surface area (Å²) in [5, 5.41) is 0.162. The maximum Gasteiger partial charge on any atom is 0.419 e. The zero-order valence-corrected chi connectivity index (χ0v) is 14.2. The number of hydrogen-bond acceptors (Lipinski definition) is 4. The molecule has 0 unspecified atom stereocenters. The quantitative estimate of drug-likeness (QED) is 0.684. The number of ether oxygens (including phenoxy) is 1. The van der Waals surface area contributed by atoms with Gasteiger partial charge in [-0.05, 0) is 19.1 Å². The lowest BCUT2D eigenvalue weighted by Gasteiger charge is -2.10. The minimum atomic E-state index is -4.61. The number of hydrogen-bond donors (Lipinski definition) is 1. The highest BCUT2D eigenvalue weighted by Crippen LogP contribution is 2.36. The summed E-state index contributed by atoms with van der Waals surface area (Å²) in [6.45, 7) is 1.53. The number of ketones is 1. The summed E-state index contributed by atoms with van der Waals surface area (Å²) in [5.41, 5.74) is 4.87. The van der Waals surface area contributed by atoms with Crippen LogP contribution in [0.15, 0.2) is 48.5 Å². The van der Waals surface area contributed by atoms with Crippen molar-refractivity contribution >= 4 is 28.5 Å². The largest absolute Gasteiger partial charge is 0.449 e. The number of rotatable bonds is 3. The van der Waals surface area contributed by atoms with Crippen LogP contribution in [-0.2, 0) is 10.9 Å². The van der Waals surface area contributed by atoms with Crippen molar-refractivity contribution < 1.29 is 27.5 Å². The first kappa shape index (κ1) is 18.5. The van der Waals surface area contributed by atoms with Gasteiger partial charge in [0, 0.05) is 10.9 Å². The zero-order chi connectivity index (χ0) is 19.8. The van der Waals surface area contributed by atoms with Crippen molar-refractivity contribution in [1.82, 2.24) is 4.57 Å². The van der Waals surface area contributed by atoms with Crippen molar-refractivity contribution in [3.63, 3.8) is 0 Å². The van der Waals surface area contributed by atoms with Crippen LogP contribution in [0.3, 0.4) is 0 Å². The highest BCUT2D eigenvalue weighted by atomic mass is 19.4. The third-order valence-corrected chi connectivity index (χ3v) is 4.04. The molecular formula is C19H15F3N2O3. The van der Waals surface area contributed by atoms with Crippen molar-refractivity contribution in [3.05, 3.63) is 65.4 Å². The average Bonchev–Trinajstić information content (AvgIpc) is 2.93. The average molecular weight is 376 g/mol. The molecule has 0 radical (unpaired) electrons. The summed E-state index contributed by atoms with van der Waals surface area (Å²) in [5.74, 6) is -0.592. The molecule has 0 aliphatic rings. The van der Waals surface area contributed by atoms with Crippen molar-refractivity contribution in [1.29, 1.82) is 0 Å². The molecule has 0 atom stereocenters. The second-order valence-electron chi connectivity index (χ2n) is 5.72. The third kappa shape index (κ3) is 3.25. The number of nitrogens with two attached hydrogens (primary N) is 1. The number of benzene rings is 2. The molecule has 1 heterocycles. The molecule has 2 aromatic carbocycles. The second kappa shape index (κ2) is 6.79. The first-order valence-corrected chi connectivity index (χ1v) is 8.03. The second-order valence-corrected chi connectivity index (χ2v) is 5.72. The van der Waals surface area contributed by atoms with Crippen LogP contribution in [0, 0.1) is 0 Å². The molecule has 0 bridgehead atoms. The van der Waals surface area contributed by atoms with Crippen LogP contribution in [0.25, 0.3) is 10.9 Å². The number of aromatic nitrogens is 1. The predicted octanol–water partition coefficient (Wildman–Crippen LogP) is 4.48. The van der Waals surface area contributed by atoms with Crippen LogP contribution in [-0.4, -0.2) is 23.1 Å². The van der Waals surface area contributed by atoms with Gasteiger partial charge in [-0.3, -0.25) is 4.79 Å². The van der Waals surface area contributed by atoms with Crippen molar-refractivity contribution in [2.45, 2.75) is 13.1 Å². The van der Waals surface area contributed by atoms with Crippen LogP contribution in [0.5, 0.6) is 0 Å². The predicted molar refractivity (Wildman–Crippen MR) is 93.6 cm³/mol. The number of fused-ring (bicyclic) bond motifs is 1. The smallest absolute Gasteiger partial charge is 0.419 e. The Hall–Kier alpha value is -3.29. The van der Waals surface area contributed by atoms with Gasteiger partial charge in [-0.25, -0.2) is 9.36 Å². The third-order valence-electron chi connectivity index (χ3n) is 4.04. The van der Waals surface area contributed by atoms with Gasteiger partial charge in [0.15, 0.2) is 0 Å². The topological polar surface area (TPSA) is 74.3 Å². The van der Waals surface area contributed by atoms with Gasteiger partial charge >= 0.3 is 12.3 Å². The fraction of sp³-hybridized carbons (Fsp3) is 0.158. The molecule has 8 heteroatoms. The Morgan fingerprint density at radius 3 is 2.37 bits per heavy atom. The molecule has 2 N–H and O–H groups in total. The van der Waals surface area contributed by atoms with E-state index in [0.29, 0.717) is 0 Å². The Bertz CT molecular complexity index is 1020. The van der Waals surface area contributed by atoms with Gasteiger partial charge in [-0.1, -0.05) is 36.4 Å². The molecule has 0 saturated heterocycles. The van der Waals surface area contributed by atoms with Gasteiger partial charge < -0.3 is 10.5 Å². The summed E-state index contributed by atoms with van der Waals surface area (Å²) in [7, 11) is 0. The Morgan fingerprint density at radius 2 is 1.78 bits per heavy atom. The number of nitrogens with zero attached hydrogens (tertiary/aromatic N) is 1. The molecule has 140 valence electrons. The van der Waals surface area contributed by atoms with E-state index in [9.17, 15) is 22.8 Å². The van der Waals surface area contributed by atoms with Crippen molar-refractivity contribution in [2.24, 2.45) is 0 Å². The van der Waals surface area contributed by atoms with Crippen LogP contribution < -0.4 is 5.73 Å². The fourth-order valence-corrected chi connectivity index (χ4v) is 2.82. The van der Waals surface area contributed by atoms with Crippen LogP contribution in [0.2, 0.25) is 0 Å². The highest BCUT2D eigenvalue weighted by Gasteiger charge is 2.33. The number of halogens is 3. The molecule has 0 aliphatic carbocycles. The zero-order valence-electron chi connectivity index (χ0n) is 14.2. The van der Waals surface area contributed by atoms with Gasteiger partial charge in [-0.2, -0.15) is 13.2 Å². The lowest BCUT2D eigenvalue weighted by atomic mass is 10.1. The molecule has 5 nitrogen and oxygen atoms in total. The first-order valence-electron chi connectivity index (χ1n) is 8.03. The van der Waals surface area contributed by atoms with E-state index in [1.54, 1.807) is 25.1 Å². The Balaban J connectivity index is 2.32. The van der Waals surface area contributed by atoms with Crippen LogP contribution >= 0.6 is 0 Å².